The molecule has 0 amide bonds. The molecular weight excluding hydrogens is 268 g/mol. The summed E-state index contributed by atoms with van der Waals surface area (Å²) in [6.07, 6.45) is 2.22. The fraction of sp³-hybridized carbons (Fsp3) is 0.333. The van der Waals surface area contributed by atoms with Crippen molar-refractivity contribution in [2.75, 3.05) is 11.9 Å². The molecule has 110 valence electrons. The van der Waals surface area contributed by atoms with Crippen LogP contribution >= 0.6 is 0 Å². The van der Waals surface area contributed by atoms with E-state index in [9.17, 15) is 10.1 Å². The normalized spacial score (nSPS) is 10.4. The standard InChI is InChI=1S/C15H18N4O2/c1-4-7-16-15-14(19(20)21)13(17-9-18-15)12-8-10(2)5-6-11(12)3/h5-6,8-9H,4,7H2,1-3H3,(H,16,17,18). The number of anilines is 1. The second kappa shape index (κ2) is 6.30. The Morgan fingerprint density at radius 2 is 2.05 bits per heavy atom. The van der Waals surface area contributed by atoms with Crippen molar-refractivity contribution in [2.45, 2.75) is 27.2 Å². The van der Waals surface area contributed by atoms with Gasteiger partial charge in [-0.05, 0) is 31.9 Å². The van der Waals surface area contributed by atoms with Crippen LogP contribution in [-0.2, 0) is 0 Å². The third-order valence-electron chi connectivity index (χ3n) is 3.20. The number of nitrogens with one attached hydrogen (secondary N) is 1. The minimum Gasteiger partial charge on any atom is -0.364 e. The molecule has 1 aromatic carbocycles. The van der Waals surface area contributed by atoms with Gasteiger partial charge in [0.2, 0.25) is 5.82 Å². The van der Waals surface area contributed by atoms with E-state index in [1.165, 1.54) is 6.33 Å². The Morgan fingerprint density at radius 1 is 1.29 bits per heavy atom. The zero-order valence-electron chi connectivity index (χ0n) is 12.4. The van der Waals surface area contributed by atoms with Crippen molar-refractivity contribution in [1.82, 2.24) is 9.97 Å². The van der Waals surface area contributed by atoms with Crippen LogP contribution < -0.4 is 5.32 Å². The molecule has 0 aliphatic rings. The minimum absolute atomic E-state index is 0.0698. The van der Waals surface area contributed by atoms with Gasteiger partial charge in [0.15, 0.2) is 5.69 Å². The van der Waals surface area contributed by atoms with Gasteiger partial charge in [0.05, 0.1) is 4.92 Å². The van der Waals surface area contributed by atoms with E-state index in [0.29, 0.717) is 12.2 Å². The van der Waals surface area contributed by atoms with E-state index in [2.05, 4.69) is 15.3 Å². The molecule has 0 radical (unpaired) electrons. The largest absolute Gasteiger partial charge is 0.364 e. The Hall–Kier alpha value is -2.50. The predicted molar refractivity (Wildman–Crippen MR) is 82.4 cm³/mol. The van der Waals surface area contributed by atoms with Gasteiger partial charge in [-0.1, -0.05) is 24.6 Å². The van der Waals surface area contributed by atoms with E-state index in [1.807, 2.05) is 39.0 Å². The Bertz CT molecular complexity index is 671. The van der Waals surface area contributed by atoms with Crippen LogP contribution in [0.1, 0.15) is 24.5 Å². The van der Waals surface area contributed by atoms with E-state index in [4.69, 9.17) is 0 Å². The van der Waals surface area contributed by atoms with Crippen molar-refractivity contribution >= 4 is 11.5 Å². The number of nitrogens with zero attached hydrogens (tertiary/aromatic N) is 3. The van der Waals surface area contributed by atoms with Crippen molar-refractivity contribution < 1.29 is 4.92 Å². The van der Waals surface area contributed by atoms with Crippen molar-refractivity contribution in [3.8, 4) is 11.3 Å². The summed E-state index contributed by atoms with van der Waals surface area (Å²) in [4.78, 5) is 19.2. The average molecular weight is 286 g/mol. The highest BCUT2D eigenvalue weighted by atomic mass is 16.6. The van der Waals surface area contributed by atoms with Gasteiger partial charge in [0.1, 0.15) is 6.33 Å². The maximum absolute atomic E-state index is 11.5. The molecule has 0 fully saturated rings. The molecule has 0 bridgehead atoms. The van der Waals surface area contributed by atoms with Gasteiger partial charge in [-0.2, -0.15) is 0 Å². The fourth-order valence-electron chi connectivity index (χ4n) is 2.11. The maximum atomic E-state index is 11.5. The third kappa shape index (κ3) is 3.16. The number of hydrogen-bond donors (Lipinski definition) is 1. The lowest BCUT2D eigenvalue weighted by Crippen LogP contribution is -2.07. The number of aryl methyl sites for hydroxylation is 2. The molecule has 21 heavy (non-hydrogen) atoms. The van der Waals surface area contributed by atoms with Crippen molar-refractivity contribution in [2.24, 2.45) is 0 Å². The van der Waals surface area contributed by atoms with Crippen LogP contribution in [0.2, 0.25) is 0 Å². The molecule has 1 aromatic heterocycles. The first-order chi connectivity index (χ1) is 10.0. The molecule has 0 atom stereocenters. The van der Waals surface area contributed by atoms with E-state index < -0.39 is 4.92 Å². The Kier molecular flexibility index (Phi) is 4.47. The van der Waals surface area contributed by atoms with E-state index >= 15 is 0 Å². The predicted octanol–water partition coefficient (Wildman–Crippen LogP) is 3.49. The van der Waals surface area contributed by atoms with Gasteiger partial charge < -0.3 is 5.32 Å². The third-order valence-corrected chi connectivity index (χ3v) is 3.20. The first-order valence-corrected chi connectivity index (χ1v) is 6.85. The number of benzene rings is 1. The summed E-state index contributed by atoms with van der Waals surface area (Å²) in [7, 11) is 0. The van der Waals surface area contributed by atoms with Gasteiger partial charge in [-0.3, -0.25) is 10.1 Å². The van der Waals surface area contributed by atoms with E-state index in [1.54, 1.807) is 0 Å². The van der Waals surface area contributed by atoms with Crippen LogP contribution in [0.5, 0.6) is 0 Å². The molecule has 0 aliphatic heterocycles. The molecule has 0 unspecified atom stereocenters. The molecule has 6 heteroatoms. The fourth-order valence-corrected chi connectivity index (χ4v) is 2.11. The molecule has 0 aliphatic carbocycles. The average Bonchev–Trinajstić information content (AvgIpc) is 2.47. The van der Waals surface area contributed by atoms with Crippen LogP contribution in [0.4, 0.5) is 11.5 Å². The van der Waals surface area contributed by atoms with Gasteiger partial charge in [-0.25, -0.2) is 9.97 Å². The molecule has 6 nitrogen and oxygen atoms in total. The molecule has 1 N–H and O–H groups in total. The molecule has 0 saturated heterocycles. The molecule has 0 saturated carbocycles. The van der Waals surface area contributed by atoms with Crippen LogP contribution in [0.3, 0.4) is 0 Å². The summed E-state index contributed by atoms with van der Waals surface area (Å²) in [6.45, 7) is 6.49. The summed E-state index contributed by atoms with van der Waals surface area (Å²) in [5.41, 5.74) is 3.04. The van der Waals surface area contributed by atoms with Crippen LogP contribution in [-0.4, -0.2) is 21.4 Å². The lowest BCUT2D eigenvalue weighted by Gasteiger charge is -2.10. The molecule has 1 heterocycles. The summed E-state index contributed by atoms with van der Waals surface area (Å²) < 4.78 is 0. The van der Waals surface area contributed by atoms with Gasteiger partial charge >= 0.3 is 5.69 Å². The SMILES string of the molecule is CCCNc1ncnc(-c2cc(C)ccc2C)c1[N+](=O)[O-]. The quantitative estimate of drug-likeness (QED) is 0.672. The second-order valence-corrected chi connectivity index (χ2v) is 4.92. The Morgan fingerprint density at radius 3 is 2.71 bits per heavy atom. The highest BCUT2D eigenvalue weighted by Crippen LogP contribution is 2.34. The minimum atomic E-state index is -0.422. The van der Waals surface area contributed by atoms with Gasteiger partial charge in [0, 0.05) is 12.1 Å². The smallest absolute Gasteiger partial charge is 0.337 e. The van der Waals surface area contributed by atoms with Crippen LogP contribution in [0, 0.1) is 24.0 Å². The Balaban J connectivity index is 2.62. The van der Waals surface area contributed by atoms with Crippen LogP contribution in [0.25, 0.3) is 11.3 Å². The summed E-state index contributed by atoms with van der Waals surface area (Å²) in [6, 6.07) is 5.83. The molecular formula is C15H18N4O2. The lowest BCUT2D eigenvalue weighted by molar-refractivity contribution is -0.383. The van der Waals surface area contributed by atoms with E-state index in [-0.39, 0.29) is 11.5 Å². The molecule has 2 rings (SSSR count). The second-order valence-electron chi connectivity index (χ2n) is 4.92. The van der Waals surface area contributed by atoms with Gasteiger partial charge in [-0.15, -0.1) is 0 Å². The van der Waals surface area contributed by atoms with Crippen molar-refractivity contribution in [3.05, 3.63) is 45.8 Å². The first kappa shape index (κ1) is 14.9. The van der Waals surface area contributed by atoms with Gasteiger partial charge in [0.25, 0.3) is 0 Å². The topological polar surface area (TPSA) is 81.0 Å². The highest BCUT2D eigenvalue weighted by Gasteiger charge is 2.24. The monoisotopic (exact) mass is 286 g/mol. The zero-order chi connectivity index (χ0) is 15.4. The highest BCUT2D eigenvalue weighted by molar-refractivity contribution is 5.78. The van der Waals surface area contributed by atoms with Crippen LogP contribution in [0.15, 0.2) is 24.5 Å². The molecule has 2 aromatic rings. The number of rotatable bonds is 5. The summed E-state index contributed by atoms with van der Waals surface area (Å²) in [5, 5.41) is 14.5. The first-order valence-electron chi connectivity index (χ1n) is 6.85. The number of nitro groups is 1. The summed E-state index contributed by atoms with van der Waals surface area (Å²) in [5.74, 6) is 0.271. The summed E-state index contributed by atoms with van der Waals surface area (Å²) >= 11 is 0. The molecule has 0 spiro atoms. The Labute approximate surface area is 123 Å². The number of aromatic nitrogens is 2. The maximum Gasteiger partial charge on any atom is 0.337 e. The van der Waals surface area contributed by atoms with E-state index in [0.717, 1.165) is 23.1 Å². The number of hydrogen-bond acceptors (Lipinski definition) is 5. The van der Waals surface area contributed by atoms with Crippen molar-refractivity contribution in [3.63, 3.8) is 0 Å². The zero-order valence-corrected chi connectivity index (χ0v) is 12.4. The lowest BCUT2D eigenvalue weighted by atomic mass is 10.0. The van der Waals surface area contributed by atoms with Crippen molar-refractivity contribution in [1.29, 1.82) is 0 Å².